The van der Waals surface area contributed by atoms with Crippen molar-refractivity contribution in [3.63, 3.8) is 0 Å². The number of carbonyl (C=O) groups excluding carboxylic acids is 5. The van der Waals surface area contributed by atoms with Crippen molar-refractivity contribution in [2.75, 3.05) is 47.9 Å². The number of nitrogens with one attached hydrogen (secondary N) is 3. The van der Waals surface area contributed by atoms with E-state index in [-0.39, 0.29) is 41.9 Å². The summed E-state index contributed by atoms with van der Waals surface area (Å²) >= 11 is 0. The van der Waals surface area contributed by atoms with Crippen LogP contribution in [0.25, 0.3) is 0 Å². The van der Waals surface area contributed by atoms with Crippen LogP contribution in [0.4, 0.5) is 4.79 Å². The highest BCUT2D eigenvalue weighted by Gasteiger charge is 2.43. The number of rotatable bonds is 23. The van der Waals surface area contributed by atoms with Crippen LogP contribution in [0.3, 0.4) is 0 Å². The summed E-state index contributed by atoms with van der Waals surface area (Å²) in [5, 5.41) is 17.6. The second kappa shape index (κ2) is 23.8. The fourth-order valence-electron chi connectivity index (χ4n) is 7.67. The molecule has 1 aliphatic heterocycles. The molecular weight excluding hydrogens is 736 g/mol. The standard InChI is InChI=1S/C41H76N6O10/c1-16-26(6)34(30(55-14)23-31(48)47-22-17-19-29(47)35(56-15)27(7)36(49)43-28(8)39(52)53)46(13)38(51)32(24(2)3)44-37(50)33(25(4)5)45(12)21-18-20-42-40(54)57-41(9,10)11/h24-30,32-35H,16-23H2,1-15H3,(H,42,54)(H,43,49)(H,44,50)(H,52,53)/t26-,27+,28-,29-,30+,32-,33-,34-,35+/m0/s1. The molecule has 0 bridgehead atoms. The third kappa shape index (κ3) is 15.6. The van der Waals surface area contributed by atoms with Gasteiger partial charge in [-0.2, -0.15) is 0 Å². The first-order valence-electron chi connectivity index (χ1n) is 20.6. The van der Waals surface area contributed by atoms with Crippen LogP contribution in [0.15, 0.2) is 0 Å². The maximum atomic E-state index is 14.4. The van der Waals surface area contributed by atoms with Crippen LogP contribution in [0, 0.1) is 23.7 Å². The number of ether oxygens (including phenoxy) is 3. The summed E-state index contributed by atoms with van der Waals surface area (Å²) in [6.07, 6.45) is 0.687. The van der Waals surface area contributed by atoms with E-state index in [0.29, 0.717) is 45.3 Å². The Bertz CT molecular complexity index is 1320. The molecular formula is C41H76N6O10. The quantitative estimate of drug-likeness (QED) is 0.110. The molecule has 0 aromatic carbocycles. The predicted octanol–water partition coefficient (Wildman–Crippen LogP) is 3.51. The summed E-state index contributed by atoms with van der Waals surface area (Å²) in [5.41, 5.74) is -0.602. The Morgan fingerprint density at radius 2 is 1.51 bits per heavy atom. The first-order valence-corrected chi connectivity index (χ1v) is 20.6. The number of hydrogen-bond acceptors (Lipinski definition) is 10. The van der Waals surface area contributed by atoms with E-state index in [1.807, 2.05) is 53.5 Å². The van der Waals surface area contributed by atoms with Gasteiger partial charge in [0.05, 0.1) is 42.7 Å². The van der Waals surface area contributed by atoms with Gasteiger partial charge >= 0.3 is 12.1 Å². The van der Waals surface area contributed by atoms with Crippen molar-refractivity contribution in [2.45, 2.75) is 156 Å². The van der Waals surface area contributed by atoms with Crippen LogP contribution in [-0.4, -0.2) is 151 Å². The first-order chi connectivity index (χ1) is 26.4. The number of nitrogens with zero attached hydrogens (tertiary/aromatic N) is 3. The molecule has 0 saturated carbocycles. The summed E-state index contributed by atoms with van der Waals surface area (Å²) < 4.78 is 17.1. The minimum absolute atomic E-state index is 0.0333. The topological polar surface area (TPSA) is 196 Å². The normalized spacial score (nSPS) is 18.9. The van der Waals surface area contributed by atoms with Gasteiger partial charge < -0.3 is 45.1 Å². The van der Waals surface area contributed by atoms with E-state index < -0.39 is 71.9 Å². The molecule has 330 valence electrons. The van der Waals surface area contributed by atoms with Gasteiger partial charge in [-0.25, -0.2) is 4.79 Å². The number of hydrogen-bond donors (Lipinski definition) is 4. The van der Waals surface area contributed by atoms with Crippen LogP contribution in [-0.2, 0) is 38.2 Å². The molecule has 0 unspecified atom stereocenters. The van der Waals surface area contributed by atoms with Gasteiger partial charge in [-0.15, -0.1) is 0 Å². The fourth-order valence-corrected chi connectivity index (χ4v) is 7.67. The van der Waals surface area contributed by atoms with E-state index in [0.717, 1.165) is 0 Å². The maximum Gasteiger partial charge on any atom is 0.407 e. The average Bonchev–Trinajstić information content (AvgIpc) is 3.60. The fraction of sp³-hybridized carbons (Fsp3) is 0.854. The van der Waals surface area contributed by atoms with Crippen LogP contribution in [0.1, 0.15) is 108 Å². The molecule has 0 aromatic rings. The number of amides is 5. The minimum Gasteiger partial charge on any atom is -0.480 e. The van der Waals surface area contributed by atoms with Gasteiger partial charge in [0.2, 0.25) is 23.6 Å². The van der Waals surface area contributed by atoms with E-state index in [1.54, 1.807) is 44.5 Å². The Morgan fingerprint density at radius 3 is 2.00 bits per heavy atom. The molecule has 0 radical (unpaired) electrons. The highest BCUT2D eigenvalue weighted by atomic mass is 16.6. The molecule has 0 spiro atoms. The van der Waals surface area contributed by atoms with Crippen molar-refractivity contribution in [3.8, 4) is 0 Å². The summed E-state index contributed by atoms with van der Waals surface area (Å²) in [4.78, 5) is 84.1. The van der Waals surface area contributed by atoms with Gasteiger partial charge in [-0.1, -0.05) is 54.9 Å². The lowest BCUT2D eigenvalue weighted by atomic mass is 9.89. The number of carboxylic acids is 1. The lowest BCUT2D eigenvalue weighted by molar-refractivity contribution is -0.148. The maximum absolute atomic E-state index is 14.4. The van der Waals surface area contributed by atoms with Gasteiger partial charge in [0, 0.05) is 40.9 Å². The SMILES string of the molecule is CC[C@H](C)[C@@H]([C@@H](CC(=O)N1CCC[C@H]1[C@H](OC)[C@@H](C)C(=O)N[C@@H](C)C(=O)O)OC)N(C)C(=O)[C@@H](NC(=O)[C@H](C(C)C)N(C)CCCNC(=O)OC(C)(C)C)C(C)C. The molecule has 0 aliphatic carbocycles. The van der Waals surface area contributed by atoms with Gasteiger partial charge in [-0.3, -0.25) is 28.9 Å². The van der Waals surface area contributed by atoms with E-state index in [9.17, 15) is 33.9 Å². The molecule has 1 fully saturated rings. The lowest BCUT2D eigenvalue weighted by Crippen LogP contribution is -2.60. The molecule has 1 aliphatic rings. The van der Waals surface area contributed by atoms with Crippen LogP contribution < -0.4 is 16.0 Å². The molecule has 5 amide bonds. The van der Waals surface area contributed by atoms with Crippen LogP contribution in [0.2, 0.25) is 0 Å². The van der Waals surface area contributed by atoms with E-state index in [4.69, 9.17) is 14.2 Å². The Morgan fingerprint density at radius 1 is 0.895 bits per heavy atom. The zero-order valence-electron chi connectivity index (χ0n) is 37.5. The number of carboxylic acid groups (broad SMARTS) is 1. The number of likely N-dealkylation sites (tertiary alicyclic amines) is 1. The van der Waals surface area contributed by atoms with Crippen molar-refractivity contribution < 1.29 is 48.1 Å². The summed E-state index contributed by atoms with van der Waals surface area (Å²) in [7, 11) is 6.55. The predicted molar refractivity (Wildman–Crippen MR) is 218 cm³/mol. The molecule has 4 N–H and O–H groups in total. The number of methoxy groups -OCH3 is 2. The van der Waals surface area contributed by atoms with E-state index in [1.165, 1.54) is 21.1 Å². The minimum atomic E-state index is -1.15. The van der Waals surface area contributed by atoms with Gasteiger partial charge in [0.15, 0.2) is 0 Å². The van der Waals surface area contributed by atoms with Crippen molar-refractivity contribution in [1.82, 2.24) is 30.7 Å². The van der Waals surface area contributed by atoms with Crippen molar-refractivity contribution in [3.05, 3.63) is 0 Å². The number of carbonyl (C=O) groups is 6. The Hall–Kier alpha value is -3.50. The van der Waals surface area contributed by atoms with Crippen molar-refractivity contribution in [1.29, 1.82) is 0 Å². The smallest absolute Gasteiger partial charge is 0.407 e. The monoisotopic (exact) mass is 813 g/mol. The number of likely N-dealkylation sites (N-methyl/N-ethyl adjacent to an activating group) is 2. The van der Waals surface area contributed by atoms with Gasteiger partial charge in [0.25, 0.3) is 0 Å². The van der Waals surface area contributed by atoms with Crippen LogP contribution >= 0.6 is 0 Å². The Balaban J connectivity index is 3.19. The van der Waals surface area contributed by atoms with Gasteiger partial charge in [-0.05, 0) is 71.8 Å². The third-order valence-corrected chi connectivity index (χ3v) is 10.9. The zero-order chi connectivity index (χ0) is 43.9. The molecule has 1 heterocycles. The summed E-state index contributed by atoms with van der Waals surface area (Å²) in [6.45, 7) is 21.5. The van der Waals surface area contributed by atoms with E-state index in [2.05, 4.69) is 16.0 Å². The Kier molecular flexibility index (Phi) is 21.5. The molecule has 0 aromatic heterocycles. The number of aliphatic carboxylic acids is 1. The lowest BCUT2D eigenvalue weighted by Gasteiger charge is -2.41. The second-order valence-corrected chi connectivity index (χ2v) is 17.3. The molecule has 9 atom stereocenters. The van der Waals surface area contributed by atoms with Crippen molar-refractivity contribution >= 4 is 35.7 Å². The Labute approximate surface area is 341 Å². The molecule has 1 rings (SSSR count). The highest BCUT2D eigenvalue weighted by molar-refractivity contribution is 5.90. The van der Waals surface area contributed by atoms with Gasteiger partial charge in [0.1, 0.15) is 17.7 Å². The summed E-state index contributed by atoms with van der Waals surface area (Å²) in [5.74, 6) is -3.55. The zero-order valence-corrected chi connectivity index (χ0v) is 37.5. The average molecular weight is 813 g/mol. The third-order valence-electron chi connectivity index (χ3n) is 10.9. The van der Waals surface area contributed by atoms with Crippen molar-refractivity contribution in [2.24, 2.45) is 23.7 Å². The summed E-state index contributed by atoms with van der Waals surface area (Å²) in [6, 6.07) is -3.41. The first kappa shape index (κ1) is 51.5. The van der Waals surface area contributed by atoms with Crippen LogP contribution in [0.5, 0.6) is 0 Å². The molecule has 57 heavy (non-hydrogen) atoms. The second-order valence-electron chi connectivity index (χ2n) is 17.3. The highest BCUT2D eigenvalue weighted by Crippen LogP contribution is 2.30. The molecule has 16 heteroatoms. The van der Waals surface area contributed by atoms with E-state index >= 15 is 0 Å². The molecule has 16 nitrogen and oxygen atoms in total. The number of alkyl carbamates (subject to hydrolysis) is 1. The molecule has 1 saturated heterocycles. The largest absolute Gasteiger partial charge is 0.480 e.